The van der Waals surface area contributed by atoms with Crippen LogP contribution in [0.15, 0.2) is 18.2 Å². The fourth-order valence-corrected chi connectivity index (χ4v) is 2.83. The van der Waals surface area contributed by atoms with E-state index in [1.165, 1.54) is 6.42 Å². The smallest absolute Gasteiger partial charge is 0.220 e. The molecule has 1 aliphatic heterocycles. The van der Waals surface area contributed by atoms with Crippen LogP contribution in [0.25, 0.3) is 0 Å². The van der Waals surface area contributed by atoms with Crippen molar-refractivity contribution in [3.05, 3.63) is 23.8 Å². The summed E-state index contributed by atoms with van der Waals surface area (Å²) in [7, 11) is 5.36. The minimum absolute atomic E-state index is 0.115. The molecule has 5 nitrogen and oxygen atoms in total. The number of nitrogens with one attached hydrogen (secondary N) is 1. The largest absolute Gasteiger partial charge is 0.493 e. The van der Waals surface area contributed by atoms with Gasteiger partial charge in [-0.1, -0.05) is 6.07 Å². The van der Waals surface area contributed by atoms with Crippen molar-refractivity contribution in [1.29, 1.82) is 0 Å². The van der Waals surface area contributed by atoms with E-state index in [0.29, 0.717) is 30.3 Å². The van der Waals surface area contributed by atoms with Crippen molar-refractivity contribution in [2.24, 2.45) is 5.92 Å². The molecule has 0 radical (unpaired) electrons. The third-order valence-electron chi connectivity index (χ3n) is 4.17. The van der Waals surface area contributed by atoms with E-state index in [1.54, 1.807) is 14.2 Å². The number of rotatable bonds is 7. The van der Waals surface area contributed by atoms with Crippen LogP contribution in [0.1, 0.15) is 18.4 Å². The summed E-state index contributed by atoms with van der Waals surface area (Å²) < 4.78 is 10.5. The molecule has 0 aromatic heterocycles. The van der Waals surface area contributed by atoms with Gasteiger partial charge in [-0.2, -0.15) is 0 Å². The van der Waals surface area contributed by atoms with Gasteiger partial charge in [0, 0.05) is 19.5 Å². The second-order valence-corrected chi connectivity index (χ2v) is 5.91. The van der Waals surface area contributed by atoms with Crippen LogP contribution in [-0.2, 0) is 11.2 Å². The molecule has 22 heavy (non-hydrogen) atoms. The predicted octanol–water partition coefficient (Wildman–Crippen LogP) is 1.70. The minimum Gasteiger partial charge on any atom is -0.493 e. The van der Waals surface area contributed by atoms with Crippen LogP contribution in [0.5, 0.6) is 11.5 Å². The quantitative estimate of drug-likeness (QED) is 0.833. The molecule has 1 atom stereocenters. The Hall–Kier alpha value is -1.75. The van der Waals surface area contributed by atoms with E-state index in [2.05, 4.69) is 17.3 Å². The molecule has 1 aliphatic rings. The average Bonchev–Trinajstić information content (AvgIpc) is 2.96. The van der Waals surface area contributed by atoms with E-state index in [1.807, 2.05) is 18.2 Å². The molecular formula is C17H26N2O3. The number of hydrogen-bond donors (Lipinski definition) is 1. The molecule has 1 aromatic carbocycles. The molecule has 0 spiro atoms. The molecule has 1 heterocycles. The van der Waals surface area contributed by atoms with Crippen molar-refractivity contribution in [2.75, 3.05) is 40.9 Å². The highest BCUT2D eigenvalue weighted by Gasteiger charge is 2.19. The van der Waals surface area contributed by atoms with Crippen molar-refractivity contribution in [1.82, 2.24) is 10.2 Å². The Labute approximate surface area is 132 Å². The fourth-order valence-electron chi connectivity index (χ4n) is 2.83. The van der Waals surface area contributed by atoms with Crippen molar-refractivity contribution in [3.8, 4) is 11.5 Å². The summed E-state index contributed by atoms with van der Waals surface area (Å²) in [4.78, 5) is 14.3. The number of carbonyl (C=O) groups excluding carboxylic acids is 1. The van der Waals surface area contributed by atoms with Gasteiger partial charge in [0.1, 0.15) is 0 Å². The lowest BCUT2D eigenvalue weighted by Gasteiger charge is -2.12. The van der Waals surface area contributed by atoms with E-state index in [9.17, 15) is 4.79 Å². The number of aryl methyl sites for hydroxylation is 1. The number of hydrogen-bond acceptors (Lipinski definition) is 4. The Morgan fingerprint density at radius 2 is 2.09 bits per heavy atom. The molecule has 0 saturated carbocycles. The maximum Gasteiger partial charge on any atom is 0.220 e. The molecule has 122 valence electrons. The Kier molecular flexibility index (Phi) is 6.07. The molecule has 1 amide bonds. The SMILES string of the molecule is COc1ccc(CCC(=O)NCC2CCN(C)C2)cc1OC. The third kappa shape index (κ3) is 4.63. The summed E-state index contributed by atoms with van der Waals surface area (Å²) in [6, 6.07) is 5.78. The Morgan fingerprint density at radius 1 is 1.32 bits per heavy atom. The summed E-state index contributed by atoms with van der Waals surface area (Å²) in [5.74, 6) is 2.12. The van der Waals surface area contributed by atoms with E-state index in [4.69, 9.17) is 9.47 Å². The van der Waals surface area contributed by atoms with E-state index in [-0.39, 0.29) is 5.91 Å². The summed E-state index contributed by atoms with van der Waals surface area (Å²) in [6.07, 6.45) is 2.38. The first kappa shape index (κ1) is 16.6. The summed E-state index contributed by atoms with van der Waals surface area (Å²) in [6.45, 7) is 3.00. The lowest BCUT2D eigenvalue weighted by molar-refractivity contribution is -0.121. The molecule has 5 heteroatoms. The highest BCUT2D eigenvalue weighted by Crippen LogP contribution is 2.27. The topological polar surface area (TPSA) is 50.8 Å². The van der Waals surface area contributed by atoms with E-state index in [0.717, 1.165) is 25.2 Å². The van der Waals surface area contributed by atoms with E-state index < -0.39 is 0 Å². The first-order chi connectivity index (χ1) is 10.6. The first-order valence-electron chi connectivity index (χ1n) is 7.78. The number of benzene rings is 1. The van der Waals surface area contributed by atoms with Crippen LogP contribution < -0.4 is 14.8 Å². The Balaban J connectivity index is 1.76. The number of ether oxygens (including phenoxy) is 2. The van der Waals surface area contributed by atoms with Gasteiger partial charge < -0.3 is 19.7 Å². The Bertz CT molecular complexity index is 505. The second kappa shape index (κ2) is 8.03. The minimum atomic E-state index is 0.115. The summed E-state index contributed by atoms with van der Waals surface area (Å²) in [5.41, 5.74) is 1.08. The summed E-state index contributed by atoms with van der Waals surface area (Å²) >= 11 is 0. The maximum absolute atomic E-state index is 12.0. The zero-order valence-corrected chi connectivity index (χ0v) is 13.7. The second-order valence-electron chi connectivity index (χ2n) is 5.91. The number of carbonyl (C=O) groups is 1. The van der Waals surface area contributed by atoms with Crippen LogP contribution >= 0.6 is 0 Å². The van der Waals surface area contributed by atoms with Gasteiger partial charge >= 0.3 is 0 Å². The van der Waals surface area contributed by atoms with Gasteiger partial charge in [-0.05, 0) is 50.0 Å². The highest BCUT2D eigenvalue weighted by molar-refractivity contribution is 5.76. The summed E-state index contributed by atoms with van der Waals surface area (Å²) in [5, 5.41) is 3.05. The molecule has 1 N–H and O–H groups in total. The molecule has 1 aromatic rings. The molecule has 1 unspecified atom stereocenters. The molecular weight excluding hydrogens is 280 g/mol. The van der Waals surface area contributed by atoms with Crippen molar-refractivity contribution in [3.63, 3.8) is 0 Å². The van der Waals surface area contributed by atoms with Gasteiger partial charge in [0.2, 0.25) is 5.91 Å². The van der Waals surface area contributed by atoms with Gasteiger partial charge in [0.15, 0.2) is 11.5 Å². The van der Waals surface area contributed by atoms with E-state index >= 15 is 0 Å². The average molecular weight is 306 g/mol. The van der Waals surface area contributed by atoms with Gasteiger partial charge in [-0.25, -0.2) is 0 Å². The zero-order valence-electron chi connectivity index (χ0n) is 13.7. The highest BCUT2D eigenvalue weighted by atomic mass is 16.5. The zero-order chi connectivity index (χ0) is 15.9. The molecule has 0 aliphatic carbocycles. The molecule has 1 saturated heterocycles. The standard InChI is InChI=1S/C17H26N2O3/c1-19-9-8-14(12-19)11-18-17(20)7-5-13-4-6-15(21-2)16(10-13)22-3/h4,6,10,14H,5,7-9,11-12H2,1-3H3,(H,18,20). The lowest BCUT2D eigenvalue weighted by atomic mass is 10.1. The van der Waals surface area contributed by atoms with Crippen molar-refractivity contribution < 1.29 is 14.3 Å². The number of amides is 1. The van der Waals surface area contributed by atoms with Crippen LogP contribution in [0.3, 0.4) is 0 Å². The normalized spacial score (nSPS) is 18.2. The third-order valence-corrected chi connectivity index (χ3v) is 4.17. The van der Waals surface area contributed by atoms with Gasteiger partial charge in [0.25, 0.3) is 0 Å². The number of likely N-dealkylation sites (tertiary alicyclic amines) is 1. The predicted molar refractivity (Wildman–Crippen MR) is 86.5 cm³/mol. The number of methoxy groups -OCH3 is 2. The van der Waals surface area contributed by atoms with Crippen LogP contribution in [-0.4, -0.2) is 51.7 Å². The van der Waals surface area contributed by atoms with Crippen molar-refractivity contribution in [2.45, 2.75) is 19.3 Å². The van der Waals surface area contributed by atoms with Crippen LogP contribution in [0.4, 0.5) is 0 Å². The maximum atomic E-state index is 12.0. The first-order valence-corrected chi connectivity index (χ1v) is 7.78. The van der Waals surface area contributed by atoms with Gasteiger partial charge in [0.05, 0.1) is 14.2 Å². The lowest BCUT2D eigenvalue weighted by Crippen LogP contribution is -2.30. The number of nitrogens with zero attached hydrogens (tertiary/aromatic N) is 1. The monoisotopic (exact) mass is 306 g/mol. The van der Waals surface area contributed by atoms with Gasteiger partial charge in [-0.3, -0.25) is 4.79 Å². The van der Waals surface area contributed by atoms with Crippen molar-refractivity contribution >= 4 is 5.91 Å². The fraction of sp³-hybridized carbons (Fsp3) is 0.588. The van der Waals surface area contributed by atoms with Crippen LogP contribution in [0.2, 0.25) is 0 Å². The van der Waals surface area contributed by atoms with Crippen LogP contribution in [0, 0.1) is 5.92 Å². The Morgan fingerprint density at radius 3 is 2.73 bits per heavy atom. The molecule has 1 fully saturated rings. The van der Waals surface area contributed by atoms with Gasteiger partial charge in [-0.15, -0.1) is 0 Å². The molecule has 0 bridgehead atoms. The molecule has 2 rings (SSSR count).